The first-order chi connectivity index (χ1) is 10.3. The van der Waals surface area contributed by atoms with Crippen molar-refractivity contribution >= 4 is 0 Å². The van der Waals surface area contributed by atoms with Crippen LogP contribution >= 0.6 is 0 Å². The molecule has 1 aromatic carbocycles. The highest BCUT2D eigenvalue weighted by Crippen LogP contribution is 2.32. The zero-order valence-corrected chi connectivity index (χ0v) is 12.2. The largest absolute Gasteiger partial charge is 0.416 e. The normalized spacial score (nSPS) is 13.5. The van der Waals surface area contributed by atoms with Crippen molar-refractivity contribution < 1.29 is 13.2 Å². The molecule has 0 saturated heterocycles. The van der Waals surface area contributed by atoms with Crippen molar-refractivity contribution in [2.24, 2.45) is 0 Å². The molecule has 1 aromatic heterocycles. The second-order valence-corrected chi connectivity index (χ2v) is 4.99. The SMILES string of the molecule is CCN(Cc1n[nH]c(=O)[nH]1)C(C)c1cccc(C(F)(F)F)c1. The molecule has 0 radical (unpaired) electrons. The van der Waals surface area contributed by atoms with Gasteiger partial charge in [0.15, 0.2) is 0 Å². The maximum Gasteiger partial charge on any atom is 0.416 e. The van der Waals surface area contributed by atoms with Gasteiger partial charge in [0.25, 0.3) is 0 Å². The number of aromatic nitrogens is 3. The lowest BCUT2D eigenvalue weighted by molar-refractivity contribution is -0.137. The van der Waals surface area contributed by atoms with Gasteiger partial charge in [-0.1, -0.05) is 19.1 Å². The van der Waals surface area contributed by atoms with Gasteiger partial charge in [0, 0.05) is 6.04 Å². The number of aromatic amines is 2. The van der Waals surface area contributed by atoms with Crippen LogP contribution in [0.25, 0.3) is 0 Å². The van der Waals surface area contributed by atoms with Gasteiger partial charge in [-0.25, -0.2) is 9.89 Å². The van der Waals surface area contributed by atoms with Gasteiger partial charge in [-0.3, -0.25) is 9.88 Å². The van der Waals surface area contributed by atoms with Gasteiger partial charge in [-0.2, -0.15) is 18.3 Å². The van der Waals surface area contributed by atoms with Crippen LogP contribution < -0.4 is 5.69 Å². The Morgan fingerprint density at radius 2 is 2.09 bits per heavy atom. The van der Waals surface area contributed by atoms with Crippen molar-refractivity contribution in [3.8, 4) is 0 Å². The van der Waals surface area contributed by atoms with Crippen LogP contribution in [0.15, 0.2) is 29.1 Å². The highest BCUT2D eigenvalue weighted by atomic mass is 19.4. The van der Waals surface area contributed by atoms with E-state index >= 15 is 0 Å². The van der Waals surface area contributed by atoms with E-state index in [1.807, 2.05) is 18.7 Å². The fraction of sp³-hybridized carbons (Fsp3) is 0.429. The van der Waals surface area contributed by atoms with Crippen LogP contribution in [0.4, 0.5) is 13.2 Å². The smallest absolute Gasteiger partial charge is 0.292 e. The van der Waals surface area contributed by atoms with Gasteiger partial charge in [0.2, 0.25) is 0 Å². The molecule has 0 amide bonds. The summed E-state index contributed by atoms with van der Waals surface area (Å²) in [6.07, 6.45) is -4.36. The highest BCUT2D eigenvalue weighted by molar-refractivity contribution is 5.27. The molecule has 22 heavy (non-hydrogen) atoms. The predicted octanol–water partition coefficient (Wildman–Crippen LogP) is 2.70. The molecule has 120 valence electrons. The predicted molar refractivity (Wildman–Crippen MR) is 75.2 cm³/mol. The van der Waals surface area contributed by atoms with E-state index in [0.717, 1.165) is 12.1 Å². The molecule has 0 saturated carbocycles. The molecular weight excluding hydrogens is 297 g/mol. The third-order valence-corrected chi connectivity index (χ3v) is 3.55. The van der Waals surface area contributed by atoms with E-state index in [-0.39, 0.29) is 6.04 Å². The molecule has 2 aromatic rings. The summed E-state index contributed by atoms with van der Waals surface area (Å²) < 4.78 is 38.4. The molecule has 2 N–H and O–H groups in total. The summed E-state index contributed by atoms with van der Waals surface area (Å²) in [4.78, 5) is 15.5. The Balaban J connectivity index is 2.21. The molecule has 1 atom stereocenters. The Morgan fingerprint density at radius 1 is 1.36 bits per heavy atom. The summed E-state index contributed by atoms with van der Waals surface area (Å²) in [6, 6.07) is 5.03. The van der Waals surface area contributed by atoms with Crippen LogP contribution in [-0.4, -0.2) is 26.6 Å². The van der Waals surface area contributed by atoms with E-state index in [0.29, 0.717) is 24.5 Å². The molecule has 5 nitrogen and oxygen atoms in total. The number of rotatable bonds is 5. The standard InChI is InChI=1S/C14H17F3N4O/c1-3-21(8-12-18-13(22)20-19-12)9(2)10-5-4-6-11(7-10)14(15,16)17/h4-7,9H,3,8H2,1-2H3,(H2,18,19,20,22). The maximum absolute atomic E-state index is 12.8. The molecule has 0 aliphatic carbocycles. The molecule has 1 heterocycles. The topological polar surface area (TPSA) is 64.8 Å². The average molecular weight is 314 g/mol. The number of halogens is 3. The molecule has 0 aliphatic heterocycles. The number of H-pyrrole nitrogens is 2. The molecule has 0 bridgehead atoms. The minimum absolute atomic E-state index is 0.243. The van der Waals surface area contributed by atoms with Crippen molar-refractivity contribution in [3.63, 3.8) is 0 Å². The number of alkyl halides is 3. The minimum atomic E-state index is -4.36. The molecular formula is C14H17F3N4O. The van der Waals surface area contributed by atoms with E-state index in [9.17, 15) is 18.0 Å². The summed E-state index contributed by atoms with van der Waals surface area (Å²) in [7, 11) is 0. The Kier molecular flexibility index (Phi) is 4.70. The molecule has 2 rings (SSSR count). The first kappa shape index (κ1) is 16.3. The quantitative estimate of drug-likeness (QED) is 0.892. The average Bonchev–Trinajstić information content (AvgIpc) is 2.88. The lowest BCUT2D eigenvalue weighted by Crippen LogP contribution is -2.27. The minimum Gasteiger partial charge on any atom is -0.292 e. The molecule has 0 aliphatic rings. The second-order valence-electron chi connectivity index (χ2n) is 4.99. The van der Waals surface area contributed by atoms with Gasteiger partial charge >= 0.3 is 11.9 Å². The summed E-state index contributed by atoms with van der Waals surface area (Å²) in [5.41, 5.74) is -0.506. The number of hydrogen-bond acceptors (Lipinski definition) is 3. The van der Waals surface area contributed by atoms with E-state index < -0.39 is 17.4 Å². The van der Waals surface area contributed by atoms with Crippen molar-refractivity contribution in [3.05, 3.63) is 51.7 Å². The van der Waals surface area contributed by atoms with Gasteiger partial charge in [0.05, 0.1) is 12.1 Å². The van der Waals surface area contributed by atoms with Crippen LogP contribution in [0.5, 0.6) is 0 Å². The number of nitrogens with zero attached hydrogens (tertiary/aromatic N) is 2. The summed E-state index contributed by atoms with van der Waals surface area (Å²) in [5, 5.41) is 6.09. The van der Waals surface area contributed by atoms with E-state index in [1.54, 1.807) is 6.07 Å². The third-order valence-electron chi connectivity index (χ3n) is 3.55. The van der Waals surface area contributed by atoms with E-state index in [4.69, 9.17) is 0 Å². The first-order valence-electron chi connectivity index (χ1n) is 6.86. The lowest BCUT2D eigenvalue weighted by Gasteiger charge is -2.27. The number of benzene rings is 1. The Bertz CT molecular complexity index is 677. The van der Waals surface area contributed by atoms with E-state index in [2.05, 4.69) is 15.2 Å². The van der Waals surface area contributed by atoms with Crippen LogP contribution in [0.2, 0.25) is 0 Å². The fourth-order valence-corrected chi connectivity index (χ4v) is 2.28. The molecule has 8 heteroatoms. The first-order valence-corrected chi connectivity index (χ1v) is 6.86. The zero-order valence-electron chi connectivity index (χ0n) is 12.2. The molecule has 1 unspecified atom stereocenters. The molecule has 0 fully saturated rings. The van der Waals surface area contributed by atoms with Gasteiger partial charge < -0.3 is 0 Å². The van der Waals surface area contributed by atoms with Gasteiger partial charge in [-0.05, 0) is 31.2 Å². The van der Waals surface area contributed by atoms with Crippen molar-refractivity contribution in [2.75, 3.05) is 6.54 Å². The summed E-state index contributed by atoms with van der Waals surface area (Å²) in [5.74, 6) is 0.450. The Labute approximate surface area is 125 Å². The van der Waals surface area contributed by atoms with Crippen LogP contribution in [0.3, 0.4) is 0 Å². The van der Waals surface area contributed by atoms with Crippen LogP contribution in [0.1, 0.15) is 36.8 Å². The summed E-state index contributed by atoms with van der Waals surface area (Å²) >= 11 is 0. The Hall–Kier alpha value is -2.09. The monoisotopic (exact) mass is 314 g/mol. The maximum atomic E-state index is 12.8. The highest BCUT2D eigenvalue weighted by Gasteiger charge is 2.31. The Morgan fingerprint density at radius 3 is 2.64 bits per heavy atom. The number of nitrogens with one attached hydrogen (secondary N) is 2. The van der Waals surface area contributed by atoms with Crippen molar-refractivity contribution in [2.45, 2.75) is 32.6 Å². The number of hydrogen-bond donors (Lipinski definition) is 2. The summed E-state index contributed by atoms with van der Waals surface area (Å²) in [6.45, 7) is 4.66. The van der Waals surface area contributed by atoms with Crippen molar-refractivity contribution in [1.82, 2.24) is 20.1 Å². The third kappa shape index (κ3) is 3.76. The van der Waals surface area contributed by atoms with E-state index in [1.165, 1.54) is 6.07 Å². The second kappa shape index (κ2) is 6.35. The van der Waals surface area contributed by atoms with Crippen LogP contribution in [-0.2, 0) is 12.7 Å². The molecule has 0 spiro atoms. The zero-order chi connectivity index (χ0) is 16.3. The van der Waals surface area contributed by atoms with Crippen LogP contribution in [0, 0.1) is 0 Å². The van der Waals surface area contributed by atoms with Gasteiger partial charge in [0.1, 0.15) is 5.82 Å². The lowest BCUT2D eigenvalue weighted by atomic mass is 10.0. The van der Waals surface area contributed by atoms with Gasteiger partial charge in [-0.15, -0.1) is 0 Å². The van der Waals surface area contributed by atoms with Crippen molar-refractivity contribution in [1.29, 1.82) is 0 Å². The fourth-order valence-electron chi connectivity index (χ4n) is 2.28.